The molecule has 5 nitrogen and oxygen atoms in total. The lowest BCUT2D eigenvalue weighted by molar-refractivity contribution is -0.152. The summed E-state index contributed by atoms with van der Waals surface area (Å²) in [6.45, 7) is 1.42. The third-order valence-corrected chi connectivity index (χ3v) is 5.08. The molecule has 0 saturated carbocycles. The molecule has 3 rings (SSSR count). The minimum Gasteiger partial charge on any atom is -0.497 e. The fourth-order valence-electron chi connectivity index (χ4n) is 3.64. The van der Waals surface area contributed by atoms with Crippen molar-refractivity contribution in [1.82, 2.24) is 10.3 Å². The van der Waals surface area contributed by atoms with E-state index in [2.05, 4.69) is 10.3 Å². The van der Waals surface area contributed by atoms with E-state index in [1.807, 2.05) is 18.2 Å². The monoisotopic (exact) mass is 418 g/mol. The van der Waals surface area contributed by atoms with E-state index in [1.54, 1.807) is 7.11 Å². The Morgan fingerprint density at radius 2 is 2.11 bits per heavy atom. The minimum atomic E-state index is -0.494. The van der Waals surface area contributed by atoms with Crippen LogP contribution in [0.2, 0.25) is 0 Å². The number of halogens is 3. The van der Waals surface area contributed by atoms with Crippen LogP contribution in [0.15, 0.2) is 24.4 Å². The second-order valence-corrected chi connectivity index (χ2v) is 6.52. The first-order chi connectivity index (χ1) is 12.1. The van der Waals surface area contributed by atoms with Gasteiger partial charge in [0.15, 0.2) is 0 Å². The maximum absolute atomic E-state index is 14.4. The van der Waals surface area contributed by atoms with Crippen molar-refractivity contribution in [3.05, 3.63) is 35.8 Å². The highest BCUT2D eigenvalue weighted by atomic mass is 35.5. The molecule has 1 aromatic heterocycles. The topological polar surface area (TPSA) is 60.5 Å². The number of nitrogens with one attached hydrogen (secondary N) is 1. The van der Waals surface area contributed by atoms with Crippen LogP contribution in [0.4, 0.5) is 4.39 Å². The lowest BCUT2D eigenvalue weighted by Crippen LogP contribution is -2.34. The van der Waals surface area contributed by atoms with Crippen molar-refractivity contribution in [3.63, 3.8) is 0 Å². The van der Waals surface area contributed by atoms with Gasteiger partial charge in [0.2, 0.25) is 0 Å². The second-order valence-electron chi connectivity index (χ2n) is 6.52. The van der Waals surface area contributed by atoms with Crippen LogP contribution in [0.3, 0.4) is 0 Å². The van der Waals surface area contributed by atoms with E-state index < -0.39 is 5.41 Å². The Bertz CT molecular complexity index is 783. The number of aryl methyl sites for hydroxylation is 1. The molecule has 0 spiro atoms. The first kappa shape index (κ1) is 23.4. The van der Waals surface area contributed by atoms with E-state index in [0.29, 0.717) is 37.1 Å². The predicted molar refractivity (Wildman–Crippen MR) is 108 cm³/mol. The molecule has 1 unspecified atom stereocenters. The van der Waals surface area contributed by atoms with Crippen LogP contribution in [0.5, 0.6) is 5.75 Å². The summed E-state index contributed by atoms with van der Waals surface area (Å²) in [5.74, 6) is 0.170. The number of benzene rings is 1. The minimum absolute atomic E-state index is 0. The molecule has 2 aromatic rings. The fraction of sp³-hybridized carbons (Fsp3) is 0.474. The summed E-state index contributed by atoms with van der Waals surface area (Å²) in [4.78, 5) is 16.3. The highest BCUT2D eigenvalue weighted by Crippen LogP contribution is 2.34. The standard InChI is InChI=1S/C19H23FN2O3.2ClH/c1-24-13-5-6-17-15(10-13)14(16(20)11-22-17)4-3-7-19(18(23)25-2)8-9-21-12-19;;/h5-6,10-11,21H,3-4,7-9,12H2,1-2H3;2*1H. The third-order valence-electron chi connectivity index (χ3n) is 5.08. The molecule has 1 atom stereocenters. The van der Waals surface area contributed by atoms with E-state index in [0.717, 1.165) is 23.9 Å². The fourth-order valence-corrected chi connectivity index (χ4v) is 3.64. The van der Waals surface area contributed by atoms with Crippen LogP contribution in [-0.4, -0.2) is 38.3 Å². The lowest BCUT2D eigenvalue weighted by Gasteiger charge is -2.25. The number of nitrogens with zero attached hydrogens (tertiary/aromatic N) is 1. The van der Waals surface area contributed by atoms with E-state index in [4.69, 9.17) is 9.47 Å². The van der Waals surface area contributed by atoms with E-state index in [1.165, 1.54) is 13.3 Å². The van der Waals surface area contributed by atoms with E-state index in [-0.39, 0.29) is 36.6 Å². The quantitative estimate of drug-likeness (QED) is 0.724. The molecule has 2 heterocycles. The summed E-state index contributed by atoms with van der Waals surface area (Å²) >= 11 is 0. The Kier molecular flexibility index (Phi) is 8.72. The lowest BCUT2D eigenvalue weighted by atomic mass is 9.81. The average Bonchev–Trinajstić information content (AvgIpc) is 3.12. The summed E-state index contributed by atoms with van der Waals surface area (Å²) in [7, 11) is 3.01. The van der Waals surface area contributed by atoms with Crippen molar-refractivity contribution in [2.24, 2.45) is 5.41 Å². The number of esters is 1. The summed E-state index contributed by atoms with van der Waals surface area (Å²) < 4.78 is 24.6. The molecule has 0 radical (unpaired) electrons. The van der Waals surface area contributed by atoms with Crippen molar-refractivity contribution in [1.29, 1.82) is 0 Å². The largest absolute Gasteiger partial charge is 0.497 e. The smallest absolute Gasteiger partial charge is 0.313 e. The molecular weight excluding hydrogens is 394 g/mol. The Hall–Kier alpha value is -1.63. The summed E-state index contributed by atoms with van der Waals surface area (Å²) in [5.41, 5.74) is 0.864. The Morgan fingerprint density at radius 1 is 1.33 bits per heavy atom. The van der Waals surface area contributed by atoms with Crippen molar-refractivity contribution in [3.8, 4) is 5.75 Å². The molecule has 0 aliphatic carbocycles. The van der Waals surface area contributed by atoms with Gasteiger partial charge in [0.1, 0.15) is 11.6 Å². The number of pyridine rings is 1. The van der Waals surface area contributed by atoms with Gasteiger partial charge in [0.05, 0.1) is 31.3 Å². The van der Waals surface area contributed by atoms with Crippen LogP contribution >= 0.6 is 24.8 Å². The van der Waals surface area contributed by atoms with Crippen LogP contribution in [0.1, 0.15) is 24.8 Å². The molecule has 1 aliphatic rings. The summed E-state index contributed by atoms with van der Waals surface area (Å²) in [6, 6.07) is 5.45. The molecule has 150 valence electrons. The van der Waals surface area contributed by atoms with Crippen LogP contribution in [0.25, 0.3) is 10.9 Å². The maximum atomic E-state index is 14.4. The van der Waals surface area contributed by atoms with Crippen LogP contribution in [0, 0.1) is 11.2 Å². The predicted octanol–water partition coefficient (Wildman–Crippen LogP) is 3.70. The molecule has 0 amide bonds. The molecule has 0 bridgehead atoms. The maximum Gasteiger partial charge on any atom is 0.313 e. The van der Waals surface area contributed by atoms with Crippen molar-refractivity contribution >= 4 is 41.7 Å². The van der Waals surface area contributed by atoms with Crippen molar-refractivity contribution < 1.29 is 18.7 Å². The van der Waals surface area contributed by atoms with E-state index >= 15 is 0 Å². The van der Waals surface area contributed by atoms with Gasteiger partial charge in [0.25, 0.3) is 0 Å². The summed E-state index contributed by atoms with van der Waals surface area (Å²) in [5, 5.41) is 3.99. The Morgan fingerprint density at radius 3 is 2.74 bits per heavy atom. The third kappa shape index (κ3) is 4.81. The molecule has 8 heteroatoms. The van der Waals surface area contributed by atoms with Crippen LogP contribution < -0.4 is 10.1 Å². The number of hydrogen-bond acceptors (Lipinski definition) is 5. The number of carbonyl (C=O) groups is 1. The van der Waals surface area contributed by atoms with Gasteiger partial charge in [0, 0.05) is 11.9 Å². The molecule has 27 heavy (non-hydrogen) atoms. The normalized spacial score (nSPS) is 18.5. The number of aromatic nitrogens is 1. The molecule has 1 aliphatic heterocycles. The van der Waals surface area contributed by atoms with Crippen LogP contribution in [-0.2, 0) is 16.0 Å². The van der Waals surface area contributed by atoms with Crippen molar-refractivity contribution in [2.75, 3.05) is 27.3 Å². The zero-order valence-corrected chi connectivity index (χ0v) is 17.1. The molecule has 1 fully saturated rings. The highest BCUT2D eigenvalue weighted by Gasteiger charge is 2.41. The number of fused-ring (bicyclic) bond motifs is 1. The Labute approximate surface area is 170 Å². The number of methoxy groups -OCH3 is 2. The van der Waals surface area contributed by atoms with Gasteiger partial charge in [-0.2, -0.15) is 0 Å². The Balaban J connectivity index is 0.00000182. The highest BCUT2D eigenvalue weighted by molar-refractivity contribution is 5.86. The first-order valence-electron chi connectivity index (χ1n) is 8.50. The second kappa shape index (κ2) is 10.1. The zero-order chi connectivity index (χ0) is 17.9. The van der Waals surface area contributed by atoms with E-state index in [9.17, 15) is 9.18 Å². The molecule has 1 aromatic carbocycles. The van der Waals surface area contributed by atoms with Gasteiger partial charge in [-0.25, -0.2) is 4.39 Å². The first-order valence-corrected chi connectivity index (χ1v) is 8.50. The number of rotatable bonds is 6. The summed E-state index contributed by atoms with van der Waals surface area (Å²) in [6.07, 6.45) is 3.92. The van der Waals surface area contributed by atoms with Gasteiger partial charge >= 0.3 is 5.97 Å². The van der Waals surface area contributed by atoms with Crippen molar-refractivity contribution in [2.45, 2.75) is 25.7 Å². The molecular formula is C19H25Cl2FN2O3. The number of ether oxygens (including phenoxy) is 2. The van der Waals surface area contributed by atoms with Gasteiger partial charge in [-0.1, -0.05) is 0 Å². The SMILES string of the molecule is COC(=O)C1(CCCc2c(F)cnc3ccc(OC)cc23)CCNC1.Cl.Cl. The molecule has 1 N–H and O–H groups in total. The molecule has 1 saturated heterocycles. The van der Waals surface area contributed by atoms with Gasteiger partial charge in [-0.05, 0) is 56.0 Å². The number of carbonyl (C=O) groups excluding carboxylic acids is 1. The zero-order valence-electron chi connectivity index (χ0n) is 15.4. The van der Waals surface area contributed by atoms with Gasteiger partial charge in [-0.3, -0.25) is 9.78 Å². The van der Waals surface area contributed by atoms with Gasteiger partial charge in [-0.15, -0.1) is 24.8 Å². The average molecular weight is 419 g/mol. The number of hydrogen-bond donors (Lipinski definition) is 1. The van der Waals surface area contributed by atoms with Gasteiger partial charge < -0.3 is 14.8 Å².